The number of benzene rings is 1. The van der Waals surface area contributed by atoms with Crippen LogP contribution < -0.4 is 11.1 Å². The van der Waals surface area contributed by atoms with Crippen LogP contribution in [0.3, 0.4) is 0 Å². The SMILES string of the molecule is Cl.NCCC(=O)N1CCC(C(=O)NCc2ccccc2)CC1. The summed E-state index contributed by atoms with van der Waals surface area (Å²) in [5.74, 6) is 0.195. The average Bonchev–Trinajstić information content (AvgIpc) is 2.54. The van der Waals surface area contributed by atoms with E-state index < -0.39 is 0 Å². The molecule has 1 aliphatic rings. The lowest BCUT2D eigenvalue weighted by molar-refractivity contribution is -0.135. The van der Waals surface area contributed by atoms with Crippen LogP contribution in [0.25, 0.3) is 0 Å². The zero-order valence-electron chi connectivity index (χ0n) is 12.7. The number of rotatable bonds is 5. The maximum absolute atomic E-state index is 12.1. The fourth-order valence-electron chi connectivity index (χ4n) is 2.60. The largest absolute Gasteiger partial charge is 0.352 e. The molecule has 0 aliphatic carbocycles. The fraction of sp³-hybridized carbons (Fsp3) is 0.500. The summed E-state index contributed by atoms with van der Waals surface area (Å²) >= 11 is 0. The minimum absolute atomic E-state index is 0. The number of amides is 2. The number of carbonyl (C=O) groups is 2. The predicted octanol–water partition coefficient (Wildman–Crippen LogP) is 1.31. The number of likely N-dealkylation sites (tertiary alicyclic amines) is 1. The highest BCUT2D eigenvalue weighted by atomic mass is 35.5. The Hall–Kier alpha value is -1.59. The van der Waals surface area contributed by atoms with E-state index in [1.165, 1.54) is 0 Å². The molecule has 0 spiro atoms. The van der Waals surface area contributed by atoms with Gasteiger partial charge in [0.25, 0.3) is 0 Å². The van der Waals surface area contributed by atoms with E-state index in [-0.39, 0.29) is 30.1 Å². The minimum atomic E-state index is 0. The normalized spacial score (nSPS) is 15.0. The second-order valence-electron chi connectivity index (χ2n) is 5.40. The fourth-order valence-corrected chi connectivity index (χ4v) is 2.60. The molecule has 1 aromatic carbocycles. The number of nitrogens with one attached hydrogen (secondary N) is 1. The van der Waals surface area contributed by atoms with Crippen molar-refractivity contribution >= 4 is 24.2 Å². The molecule has 1 aliphatic heterocycles. The lowest BCUT2D eigenvalue weighted by Gasteiger charge is -2.31. The molecule has 0 saturated carbocycles. The Kier molecular flexibility index (Phi) is 7.91. The number of halogens is 1. The third-order valence-electron chi connectivity index (χ3n) is 3.89. The van der Waals surface area contributed by atoms with Crippen LogP contribution in [0.5, 0.6) is 0 Å². The van der Waals surface area contributed by atoms with E-state index in [9.17, 15) is 9.59 Å². The Morgan fingerprint density at radius 2 is 1.82 bits per heavy atom. The number of hydrogen-bond donors (Lipinski definition) is 2. The van der Waals surface area contributed by atoms with Crippen molar-refractivity contribution in [2.45, 2.75) is 25.8 Å². The number of nitrogens with two attached hydrogens (primary N) is 1. The van der Waals surface area contributed by atoms with Crippen molar-refractivity contribution in [1.29, 1.82) is 0 Å². The van der Waals surface area contributed by atoms with E-state index in [0.29, 0.717) is 32.6 Å². The topological polar surface area (TPSA) is 75.4 Å². The summed E-state index contributed by atoms with van der Waals surface area (Å²) in [6.07, 6.45) is 1.86. The molecule has 2 rings (SSSR count). The van der Waals surface area contributed by atoms with Crippen molar-refractivity contribution in [2.24, 2.45) is 11.7 Å². The van der Waals surface area contributed by atoms with Gasteiger partial charge in [-0.2, -0.15) is 0 Å². The van der Waals surface area contributed by atoms with Gasteiger partial charge in [0.15, 0.2) is 0 Å². The number of hydrogen-bond acceptors (Lipinski definition) is 3. The maximum Gasteiger partial charge on any atom is 0.223 e. The molecule has 0 unspecified atom stereocenters. The molecular formula is C16H24ClN3O2. The Morgan fingerprint density at radius 1 is 1.18 bits per heavy atom. The summed E-state index contributed by atoms with van der Waals surface area (Å²) in [6, 6.07) is 9.87. The van der Waals surface area contributed by atoms with Gasteiger partial charge in [0.1, 0.15) is 0 Å². The van der Waals surface area contributed by atoms with Crippen LogP contribution in [-0.2, 0) is 16.1 Å². The van der Waals surface area contributed by atoms with Gasteiger partial charge in [-0.15, -0.1) is 12.4 Å². The van der Waals surface area contributed by atoms with E-state index in [1.807, 2.05) is 35.2 Å². The molecule has 0 radical (unpaired) electrons. The molecular weight excluding hydrogens is 302 g/mol. The summed E-state index contributed by atoms with van der Waals surface area (Å²) in [6.45, 7) is 2.26. The van der Waals surface area contributed by atoms with Gasteiger partial charge in [-0.05, 0) is 18.4 Å². The smallest absolute Gasteiger partial charge is 0.223 e. The third kappa shape index (κ3) is 5.31. The van der Waals surface area contributed by atoms with Crippen molar-refractivity contribution in [1.82, 2.24) is 10.2 Å². The molecule has 3 N–H and O–H groups in total. The highest BCUT2D eigenvalue weighted by Gasteiger charge is 2.26. The lowest BCUT2D eigenvalue weighted by atomic mass is 9.95. The molecule has 0 aromatic heterocycles. The van der Waals surface area contributed by atoms with Crippen LogP contribution in [-0.4, -0.2) is 36.3 Å². The molecule has 22 heavy (non-hydrogen) atoms. The molecule has 122 valence electrons. The van der Waals surface area contributed by atoms with Gasteiger partial charge in [0.05, 0.1) is 0 Å². The van der Waals surface area contributed by atoms with Crippen molar-refractivity contribution in [2.75, 3.05) is 19.6 Å². The highest BCUT2D eigenvalue weighted by molar-refractivity contribution is 5.85. The quantitative estimate of drug-likeness (QED) is 0.857. The van der Waals surface area contributed by atoms with Crippen molar-refractivity contribution < 1.29 is 9.59 Å². The summed E-state index contributed by atoms with van der Waals surface area (Å²) in [5, 5.41) is 2.98. The summed E-state index contributed by atoms with van der Waals surface area (Å²) in [5.41, 5.74) is 6.49. The summed E-state index contributed by atoms with van der Waals surface area (Å²) in [7, 11) is 0. The van der Waals surface area contributed by atoms with Crippen LogP contribution in [0.4, 0.5) is 0 Å². The number of piperidine rings is 1. The second kappa shape index (κ2) is 9.43. The molecule has 1 heterocycles. The molecule has 0 atom stereocenters. The van der Waals surface area contributed by atoms with Gasteiger partial charge in [-0.3, -0.25) is 9.59 Å². The zero-order valence-corrected chi connectivity index (χ0v) is 13.5. The third-order valence-corrected chi connectivity index (χ3v) is 3.89. The average molecular weight is 326 g/mol. The second-order valence-corrected chi connectivity index (χ2v) is 5.40. The van der Waals surface area contributed by atoms with E-state index >= 15 is 0 Å². The Labute approximate surface area is 137 Å². The van der Waals surface area contributed by atoms with Crippen LogP contribution in [0.15, 0.2) is 30.3 Å². The van der Waals surface area contributed by atoms with Gasteiger partial charge in [-0.1, -0.05) is 30.3 Å². The molecule has 1 aromatic rings. The van der Waals surface area contributed by atoms with E-state index in [2.05, 4.69) is 5.32 Å². The van der Waals surface area contributed by atoms with Crippen LogP contribution in [0.1, 0.15) is 24.8 Å². The molecule has 6 heteroatoms. The molecule has 0 bridgehead atoms. The minimum Gasteiger partial charge on any atom is -0.352 e. The van der Waals surface area contributed by atoms with Crippen molar-refractivity contribution in [3.63, 3.8) is 0 Å². The van der Waals surface area contributed by atoms with E-state index in [1.54, 1.807) is 0 Å². The van der Waals surface area contributed by atoms with Gasteiger partial charge >= 0.3 is 0 Å². The first kappa shape index (κ1) is 18.5. The molecule has 5 nitrogen and oxygen atoms in total. The van der Waals surface area contributed by atoms with Crippen LogP contribution >= 0.6 is 12.4 Å². The lowest BCUT2D eigenvalue weighted by Crippen LogP contribution is -2.43. The molecule has 1 saturated heterocycles. The maximum atomic E-state index is 12.1. The van der Waals surface area contributed by atoms with Gasteiger partial charge in [0, 0.05) is 38.5 Å². The predicted molar refractivity (Wildman–Crippen MR) is 88.5 cm³/mol. The van der Waals surface area contributed by atoms with Crippen LogP contribution in [0, 0.1) is 5.92 Å². The number of nitrogens with zero attached hydrogens (tertiary/aromatic N) is 1. The van der Waals surface area contributed by atoms with E-state index in [0.717, 1.165) is 18.4 Å². The first-order valence-electron chi connectivity index (χ1n) is 7.50. The van der Waals surface area contributed by atoms with Gasteiger partial charge in [0.2, 0.25) is 11.8 Å². The van der Waals surface area contributed by atoms with Gasteiger partial charge in [-0.25, -0.2) is 0 Å². The highest BCUT2D eigenvalue weighted by Crippen LogP contribution is 2.18. The van der Waals surface area contributed by atoms with Crippen LogP contribution in [0.2, 0.25) is 0 Å². The molecule has 2 amide bonds. The monoisotopic (exact) mass is 325 g/mol. The number of carbonyl (C=O) groups excluding carboxylic acids is 2. The summed E-state index contributed by atoms with van der Waals surface area (Å²) in [4.78, 5) is 25.7. The van der Waals surface area contributed by atoms with Crippen molar-refractivity contribution in [3.05, 3.63) is 35.9 Å². The zero-order chi connectivity index (χ0) is 15.1. The Morgan fingerprint density at radius 3 is 2.41 bits per heavy atom. The van der Waals surface area contributed by atoms with Crippen molar-refractivity contribution in [3.8, 4) is 0 Å². The summed E-state index contributed by atoms with van der Waals surface area (Å²) < 4.78 is 0. The van der Waals surface area contributed by atoms with Gasteiger partial charge < -0.3 is 16.0 Å². The first-order chi connectivity index (χ1) is 10.2. The first-order valence-corrected chi connectivity index (χ1v) is 7.50. The Balaban J connectivity index is 0.00000242. The standard InChI is InChI=1S/C16H23N3O2.ClH/c17-9-6-15(20)19-10-7-14(8-11-19)16(21)18-12-13-4-2-1-3-5-13;/h1-5,14H,6-12,17H2,(H,18,21);1H. The van der Waals surface area contributed by atoms with E-state index in [4.69, 9.17) is 5.73 Å². The molecule has 1 fully saturated rings. The Bertz CT molecular complexity index is 474.